The molecule has 10 nitrogen and oxygen atoms in total. The highest BCUT2D eigenvalue weighted by molar-refractivity contribution is 5.77. The Morgan fingerprint density at radius 1 is 0.833 bits per heavy atom. The number of methoxy groups -OCH3 is 4. The number of rotatable bonds is 10. The Morgan fingerprint density at radius 3 is 1.62 bits per heavy atom. The smallest absolute Gasteiger partial charge is 0.319 e. The van der Waals surface area contributed by atoms with Crippen molar-refractivity contribution in [2.75, 3.05) is 35.0 Å². The predicted octanol–water partition coefficient (Wildman–Crippen LogP) is -1.50. The van der Waals surface area contributed by atoms with Crippen molar-refractivity contribution in [1.82, 2.24) is 5.32 Å². The van der Waals surface area contributed by atoms with E-state index in [9.17, 15) is 19.2 Å². The topological polar surface area (TPSA) is 143 Å². The average molecular weight is 348 g/mol. The molecule has 0 aliphatic rings. The minimum atomic E-state index is -1.46. The standard InChI is InChI=1S/C14H24N2O8/c1-21-10(17)5-9(15)14(6-11(18)22-2,7-12(19)23-3)16-8-13(20)24-4/h9,16H,5-8,15H2,1-4H3. The van der Waals surface area contributed by atoms with Crippen molar-refractivity contribution in [3.05, 3.63) is 0 Å². The van der Waals surface area contributed by atoms with Gasteiger partial charge in [-0.1, -0.05) is 0 Å². The van der Waals surface area contributed by atoms with E-state index in [2.05, 4.69) is 24.3 Å². The first-order valence-corrected chi connectivity index (χ1v) is 7.02. The molecule has 0 saturated carbocycles. The first-order valence-electron chi connectivity index (χ1n) is 7.02. The van der Waals surface area contributed by atoms with Gasteiger partial charge in [0.1, 0.15) is 0 Å². The monoisotopic (exact) mass is 348 g/mol. The summed E-state index contributed by atoms with van der Waals surface area (Å²) in [6.45, 7) is -0.334. The van der Waals surface area contributed by atoms with Crippen molar-refractivity contribution < 1.29 is 38.1 Å². The molecule has 0 spiro atoms. The van der Waals surface area contributed by atoms with Gasteiger partial charge in [0, 0.05) is 6.04 Å². The zero-order chi connectivity index (χ0) is 18.8. The molecular formula is C14H24N2O8. The maximum absolute atomic E-state index is 11.8. The molecule has 3 N–H and O–H groups in total. The average Bonchev–Trinajstić information content (AvgIpc) is 2.58. The highest BCUT2D eigenvalue weighted by Crippen LogP contribution is 2.23. The van der Waals surface area contributed by atoms with E-state index < -0.39 is 35.5 Å². The van der Waals surface area contributed by atoms with Crippen LogP contribution in [-0.4, -0.2) is 70.4 Å². The lowest BCUT2D eigenvalue weighted by molar-refractivity contribution is -0.150. The van der Waals surface area contributed by atoms with E-state index >= 15 is 0 Å². The van der Waals surface area contributed by atoms with E-state index in [0.717, 1.165) is 14.2 Å². The molecule has 10 heteroatoms. The summed E-state index contributed by atoms with van der Waals surface area (Å²) in [7, 11) is 4.69. The summed E-state index contributed by atoms with van der Waals surface area (Å²) in [6.07, 6.45) is -1.03. The second kappa shape index (κ2) is 10.6. The quantitative estimate of drug-likeness (QED) is 0.354. The second-order valence-electron chi connectivity index (χ2n) is 4.98. The van der Waals surface area contributed by atoms with Crippen LogP contribution in [-0.2, 0) is 38.1 Å². The van der Waals surface area contributed by atoms with E-state index in [4.69, 9.17) is 5.73 Å². The summed E-state index contributed by atoms with van der Waals surface area (Å²) < 4.78 is 18.3. The van der Waals surface area contributed by atoms with E-state index in [1.54, 1.807) is 0 Å². The molecule has 138 valence electrons. The van der Waals surface area contributed by atoms with E-state index in [1.807, 2.05) is 0 Å². The second-order valence-corrected chi connectivity index (χ2v) is 4.98. The van der Waals surface area contributed by atoms with Crippen molar-refractivity contribution in [3.8, 4) is 0 Å². The first kappa shape index (κ1) is 21.8. The third kappa shape index (κ3) is 6.92. The van der Waals surface area contributed by atoms with Crippen molar-refractivity contribution in [2.45, 2.75) is 30.8 Å². The SMILES string of the molecule is COC(=O)CNC(CC(=O)OC)(CC(=O)OC)C(N)CC(=O)OC. The van der Waals surface area contributed by atoms with Crippen molar-refractivity contribution in [3.63, 3.8) is 0 Å². The molecule has 0 heterocycles. The third-order valence-corrected chi connectivity index (χ3v) is 3.51. The van der Waals surface area contributed by atoms with Gasteiger partial charge in [0.05, 0.1) is 59.8 Å². The van der Waals surface area contributed by atoms with Crippen LogP contribution in [0.15, 0.2) is 0 Å². The highest BCUT2D eigenvalue weighted by Gasteiger charge is 2.43. The summed E-state index contributed by atoms with van der Waals surface area (Å²) in [5.74, 6) is -2.64. The summed E-state index contributed by atoms with van der Waals surface area (Å²) in [4.78, 5) is 46.5. The summed E-state index contributed by atoms with van der Waals surface area (Å²) in [6, 6.07) is -1.03. The zero-order valence-electron chi connectivity index (χ0n) is 14.2. The maximum atomic E-state index is 11.8. The lowest BCUT2D eigenvalue weighted by atomic mass is 9.81. The lowest BCUT2D eigenvalue weighted by Crippen LogP contribution is -2.62. The number of nitrogens with two attached hydrogens (primary N) is 1. The maximum Gasteiger partial charge on any atom is 0.319 e. The number of nitrogens with one attached hydrogen (secondary N) is 1. The number of ether oxygens (including phenoxy) is 4. The van der Waals surface area contributed by atoms with Crippen LogP contribution in [0.25, 0.3) is 0 Å². The Bertz CT molecular complexity index is 448. The summed E-state index contributed by atoms with van der Waals surface area (Å²) in [5.41, 5.74) is 4.58. The lowest BCUT2D eigenvalue weighted by Gasteiger charge is -2.37. The molecule has 0 aromatic rings. The summed E-state index contributed by atoms with van der Waals surface area (Å²) >= 11 is 0. The van der Waals surface area contributed by atoms with Crippen molar-refractivity contribution in [1.29, 1.82) is 0 Å². The van der Waals surface area contributed by atoms with Gasteiger partial charge in [-0.25, -0.2) is 0 Å². The van der Waals surface area contributed by atoms with Gasteiger partial charge in [-0.15, -0.1) is 0 Å². The van der Waals surface area contributed by atoms with Crippen molar-refractivity contribution in [2.24, 2.45) is 5.73 Å². The van der Waals surface area contributed by atoms with Crippen LogP contribution in [0.2, 0.25) is 0 Å². The van der Waals surface area contributed by atoms with Crippen LogP contribution in [0.3, 0.4) is 0 Å². The molecule has 0 amide bonds. The number of carbonyl (C=O) groups excluding carboxylic acids is 4. The van der Waals surface area contributed by atoms with Gasteiger partial charge in [-0.2, -0.15) is 0 Å². The Labute approximate surface area is 139 Å². The number of esters is 4. The molecule has 0 aliphatic heterocycles. The largest absolute Gasteiger partial charge is 0.469 e. The Balaban J connectivity index is 5.60. The molecule has 0 radical (unpaired) electrons. The Kier molecular flexibility index (Phi) is 9.58. The van der Waals surface area contributed by atoms with Gasteiger partial charge >= 0.3 is 23.9 Å². The fourth-order valence-corrected chi connectivity index (χ4v) is 2.02. The van der Waals surface area contributed by atoms with Crippen LogP contribution in [0.4, 0.5) is 0 Å². The van der Waals surface area contributed by atoms with E-state index in [1.165, 1.54) is 14.2 Å². The fraction of sp³-hybridized carbons (Fsp3) is 0.714. The molecule has 0 rings (SSSR count). The molecule has 0 aromatic heterocycles. The number of hydrogen-bond donors (Lipinski definition) is 2. The molecule has 1 atom stereocenters. The molecular weight excluding hydrogens is 324 g/mol. The fourth-order valence-electron chi connectivity index (χ4n) is 2.02. The Morgan fingerprint density at radius 2 is 1.25 bits per heavy atom. The van der Waals surface area contributed by atoms with Crippen LogP contribution in [0.5, 0.6) is 0 Å². The molecule has 1 unspecified atom stereocenters. The summed E-state index contributed by atoms with van der Waals surface area (Å²) in [5, 5.41) is 2.73. The van der Waals surface area contributed by atoms with Gasteiger partial charge in [0.25, 0.3) is 0 Å². The molecule has 0 saturated heterocycles. The van der Waals surface area contributed by atoms with Gasteiger partial charge < -0.3 is 24.7 Å². The molecule has 0 aromatic carbocycles. The van der Waals surface area contributed by atoms with E-state index in [-0.39, 0.29) is 25.8 Å². The van der Waals surface area contributed by atoms with Crippen LogP contribution in [0.1, 0.15) is 19.3 Å². The number of hydrogen-bond acceptors (Lipinski definition) is 10. The van der Waals surface area contributed by atoms with Gasteiger partial charge in [0.15, 0.2) is 0 Å². The normalized spacial score (nSPS) is 12.0. The molecule has 0 bridgehead atoms. The molecule has 0 aliphatic carbocycles. The van der Waals surface area contributed by atoms with Crippen molar-refractivity contribution >= 4 is 23.9 Å². The highest BCUT2D eigenvalue weighted by atomic mass is 16.5. The third-order valence-electron chi connectivity index (χ3n) is 3.51. The molecule has 24 heavy (non-hydrogen) atoms. The van der Waals surface area contributed by atoms with Gasteiger partial charge in [-0.05, 0) is 0 Å². The van der Waals surface area contributed by atoms with Crippen LogP contribution >= 0.6 is 0 Å². The van der Waals surface area contributed by atoms with Gasteiger partial charge in [-0.3, -0.25) is 24.5 Å². The van der Waals surface area contributed by atoms with E-state index in [0.29, 0.717) is 0 Å². The van der Waals surface area contributed by atoms with Crippen LogP contribution < -0.4 is 11.1 Å². The Hall–Kier alpha value is -2.20. The van der Waals surface area contributed by atoms with Crippen LogP contribution in [0, 0.1) is 0 Å². The van der Waals surface area contributed by atoms with Gasteiger partial charge in [0.2, 0.25) is 0 Å². The predicted molar refractivity (Wildman–Crippen MR) is 80.6 cm³/mol. The molecule has 0 fully saturated rings. The number of carbonyl (C=O) groups is 4. The minimum absolute atomic E-state index is 0.293. The first-order chi connectivity index (χ1) is 11.2. The minimum Gasteiger partial charge on any atom is -0.469 e. The zero-order valence-corrected chi connectivity index (χ0v) is 14.2.